The third-order valence-corrected chi connectivity index (χ3v) is 4.04. The van der Waals surface area contributed by atoms with Gasteiger partial charge >= 0.3 is 0 Å². The molecule has 0 atom stereocenters. The van der Waals surface area contributed by atoms with Crippen LogP contribution < -0.4 is 10.5 Å². The normalized spacial score (nSPS) is 11.8. The highest BCUT2D eigenvalue weighted by Crippen LogP contribution is 2.31. The van der Waals surface area contributed by atoms with E-state index in [2.05, 4.69) is 15.0 Å². The second kappa shape index (κ2) is 4.85. The molecule has 3 heterocycles. The zero-order valence-electron chi connectivity index (χ0n) is 13.2. The van der Waals surface area contributed by atoms with Crippen LogP contribution in [0.5, 0.6) is 0 Å². The van der Waals surface area contributed by atoms with Gasteiger partial charge in [0.15, 0.2) is 0 Å². The molecule has 0 aliphatic rings. The molecule has 4 aromatic rings. The first-order valence-corrected chi connectivity index (χ1v) is 7.31. The van der Waals surface area contributed by atoms with Crippen LogP contribution in [0, 0.1) is 0 Å². The number of pyridine rings is 1. The molecule has 0 fully saturated rings. The molecule has 1 aromatic carbocycles. The molecular weight excluding hydrogens is 294 g/mol. The molecule has 0 amide bonds. The highest BCUT2D eigenvalue weighted by atomic mass is 16.5. The van der Waals surface area contributed by atoms with Gasteiger partial charge in [0.05, 0.1) is 10.9 Å². The number of aromatic amines is 2. The van der Waals surface area contributed by atoms with Crippen molar-refractivity contribution in [1.29, 1.82) is 0 Å². The molecule has 0 saturated carbocycles. The molecule has 2 N–H and O–H groups in total. The molecule has 7 heteroatoms. The van der Waals surface area contributed by atoms with Crippen molar-refractivity contribution >= 4 is 38.9 Å². The predicted octanol–water partition coefficient (Wildman–Crippen LogP) is 2.03. The van der Waals surface area contributed by atoms with Crippen LogP contribution in [0.4, 0.5) is 5.95 Å². The number of para-hydroxylation sites is 1. The molecule has 118 valence electrons. The van der Waals surface area contributed by atoms with Crippen LogP contribution >= 0.6 is 0 Å². The zero-order chi connectivity index (χ0) is 16.1. The van der Waals surface area contributed by atoms with Crippen LogP contribution in [0.3, 0.4) is 0 Å². The summed E-state index contributed by atoms with van der Waals surface area (Å²) in [7, 11) is 5.41. The van der Waals surface area contributed by atoms with Gasteiger partial charge in [0.25, 0.3) is 5.56 Å². The Kier molecular flexibility index (Phi) is 2.92. The number of benzene rings is 1. The van der Waals surface area contributed by atoms with E-state index in [0.29, 0.717) is 23.7 Å². The van der Waals surface area contributed by atoms with Gasteiger partial charge in [-0.2, -0.15) is 0 Å². The third kappa shape index (κ3) is 1.86. The summed E-state index contributed by atoms with van der Waals surface area (Å²) < 4.78 is 7.26. The number of hydrogen-bond acceptors (Lipinski definition) is 4. The van der Waals surface area contributed by atoms with Gasteiger partial charge in [0.2, 0.25) is 5.95 Å². The van der Waals surface area contributed by atoms with Crippen molar-refractivity contribution in [2.24, 2.45) is 0 Å². The van der Waals surface area contributed by atoms with Crippen molar-refractivity contribution in [3.63, 3.8) is 0 Å². The van der Waals surface area contributed by atoms with E-state index in [4.69, 9.17) is 4.74 Å². The molecule has 0 unspecified atom stereocenters. The van der Waals surface area contributed by atoms with Crippen LogP contribution in [-0.2, 0) is 11.5 Å². The second-order valence-electron chi connectivity index (χ2n) is 5.72. The Labute approximate surface area is 131 Å². The number of H-pyrrole nitrogens is 2. The van der Waals surface area contributed by atoms with Gasteiger partial charge in [-0.1, -0.05) is 18.2 Å². The van der Waals surface area contributed by atoms with Crippen molar-refractivity contribution < 1.29 is 4.74 Å². The lowest BCUT2D eigenvalue weighted by molar-refractivity contribution is 0.137. The van der Waals surface area contributed by atoms with E-state index in [9.17, 15) is 4.79 Å². The summed E-state index contributed by atoms with van der Waals surface area (Å²) >= 11 is 0. The maximum absolute atomic E-state index is 12.5. The fourth-order valence-electron chi connectivity index (χ4n) is 3.02. The predicted molar refractivity (Wildman–Crippen MR) is 91.1 cm³/mol. The first-order valence-electron chi connectivity index (χ1n) is 7.31. The fraction of sp³-hybridized carbons (Fsp3) is 0.250. The van der Waals surface area contributed by atoms with E-state index in [1.165, 1.54) is 0 Å². The highest BCUT2D eigenvalue weighted by Gasteiger charge is 2.18. The Hall–Kier alpha value is -2.80. The van der Waals surface area contributed by atoms with Crippen molar-refractivity contribution in [2.45, 2.75) is 6.73 Å². The smallest absolute Gasteiger partial charge is 0.275 e. The molecule has 0 spiro atoms. The molecule has 0 aliphatic heterocycles. The van der Waals surface area contributed by atoms with E-state index in [1.807, 2.05) is 47.8 Å². The molecule has 3 aromatic heterocycles. The molecule has 0 saturated heterocycles. The van der Waals surface area contributed by atoms with E-state index in [1.54, 1.807) is 7.11 Å². The van der Waals surface area contributed by atoms with Gasteiger partial charge in [-0.25, -0.2) is 4.98 Å². The summed E-state index contributed by atoms with van der Waals surface area (Å²) in [6, 6.07) is 8.00. The molecule has 4 rings (SSSR count). The SMILES string of the molecule is COCn1c2ccccc2c2c3nc(N(C)C)[nH]c3c(=O)[nH]c21. The minimum absolute atomic E-state index is 0.187. The third-order valence-electron chi connectivity index (χ3n) is 4.04. The lowest BCUT2D eigenvalue weighted by Gasteiger charge is -2.05. The zero-order valence-corrected chi connectivity index (χ0v) is 13.2. The number of imidazole rings is 1. The highest BCUT2D eigenvalue weighted by molar-refractivity contribution is 6.17. The largest absolute Gasteiger partial charge is 0.364 e. The van der Waals surface area contributed by atoms with Crippen LogP contribution in [-0.4, -0.2) is 40.7 Å². The fourth-order valence-corrected chi connectivity index (χ4v) is 3.02. The number of rotatable bonds is 3. The summed E-state index contributed by atoms with van der Waals surface area (Å²) in [5, 5.41) is 1.97. The summed E-state index contributed by atoms with van der Waals surface area (Å²) in [6.45, 7) is 0.358. The number of fused-ring (bicyclic) bond motifs is 5. The number of hydrogen-bond donors (Lipinski definition) is 2. The maximum atomic E-state index is 12.5. The lowest BCUT2D eigenvalue weighted by atomic mass is 10.2. The van der Waals surface area contributed by atoms with Crippen LogP contribution in [0.2, 0.25) is 0 Å². The van der Waals surface area contributed by atoms with Gasteiger partial charge < -0.3 is 24.2 Å². The van der Waals surface area contributed by atoms with E-state index >= 15 is 0 Å². The summed E-state index contributed by atoms with van der Waals surface area (Å²) in [5.41, 5.74) is 2.71. The number of nitrogens with one attached hydrogen (secondary N) is 2. The summed E-state index contributed by atoms with van der Waals surface area (Å²) in [4.78, 5) is 25.0. The molecule has 0 aliphatic carbocycles. The Balaban J connectivity index is 2.25. The Bertz CT molecular complexity index is 1090. The minimum atomic E-state index is -0.187. The topological polar surface area (TPSA) is 78.9 Å². The minimum Gasteiger partial charge on any atom is -0.364 e. The molecule has 0 radical (unpaired) electrons. The van der Waals surface area contributed by atoms with E-state index < -0.39 is 0 Å². The quantitative estimate of drug-likeness (QED) is 0.607. The van der Waals surface area contributed by atoms with Crippen molar-refractivity contribution in [2.75, 3.05) is 26.1 Å². The van der Waals surface area contributed by atoms with E-state index in [0.717, 1.165) is 21.9 Å². The van der Waals surface area contributed by atoms with Gasteiger partial charge in [-0.15, -0.1) is 0 Å². The lowest BCUT2D eigenvalue weighted by Crippen LogP contribution is -2.11. The van der Waals surface area contributed by atoms with Gasteiger partial charge in [0.1, 0.15) is 23.4 Å². The van der Waals surface area contributed by atoms with Crippen LogP contribution in [0.1, 0.15) is 0 Å². The Morgan fingerprint density at radius 1 is 1.26 bits per heavy atom. The van der Waals surface area contributed by atoms with Gasteiger partial charge in [-0.3, -0.25) is 4.79 Å². The maximum Gasteiger partial charge on any atom is 0.275 e. The average molecular weight is 311 g/mol. The average Bonchev–Trinajstić information content (AvgIpc) is 3.09. The second-order valence-corrected chi connectivity index (χ2v) is 5.72. The first kappa shape index (κ1) is 13.8. The van der Waals surface area contributed by atoms with Crippen LogP contribution in [0.15, 0.2) is 29.1 Å². The monoisotopic (exact) mass is 311 g/mol. The molecular formula is C16H17N5O2. The van der Waals surface area contributed by atoms with Crippen molar-refractivity contribution in [3.8, 4) is 0 Å². The Morgan fingerprint density at radius 3 is 2.78 bits per heavy atom. The van der Waals surface area contributed by atoms with Gasteiger partial charge in [0, 0.05) is 26.6 Å². The van der Waals surface area contributed by atoms with Crippen molar-refractivity contribution in [3.05, 3.63) is 34.6 Å². The number of aromatic nitrogens is 4. The molecule has 0 bridgehead atoms. The summed E-state index contributed by atoms with van der Waals surface area (Å²) in [6.07, 6.45) is 0. The first-order chi connectivity index (χ1) is 11.1. The number of anilines is 1. The number of ether oxygens (including phenoxy) is 1. The van der Waals surface area contributed by atoms with Gasteiger partial charge in [-0.05, 0) is 6.07 Å². The standard InChI is InChI=1S/C16H17N5O2/c1-20(2)16-17-12-11-9-6-4-5-7-10(9)21(8-23-3)14(11)19-15(22)13(12)18-16/h4-7H,8H2,1-3H3,(H,17,18)(H,19,22). The molecule has 7 nitrogen and oxygen atoms in total. The number of methoxy groups -OCH3 is 1. The Morgan fingerprint density at radius 2 is 2.04 bits per heavy atom. The number of nitrogens with zero attached hydrogens (tertiary/aromatic N) is 3. The summed E-state index contributed by atoms with van der Waals surface area (Å²) in [5.74, 6) is 0.654. The van der Waals surface area contributed by atoms with E-state index in [-0.39, 0.29) is 5.56 Å². The van der Waals surface area contributed by atoms with Crippen molar-refractivity contribution in [1.82, 2.24) is 19.5 Å². The molecule has 23 heavy (non-hydrogen) atoms. The van der Waals surface area contributed by atoms with Crippen LogP contribution in [0.25, 0.3) is 33.0 Å².